The standard InChI is InChI=1S/C19H38O6S/c1-2-3-6-10-17(21)11-9-13-18(26(24,25)16-15-20)12-7-4-5-8-14-19(22)23/h17-18,20-21H,2-16H2,1H3,(H,22,23). The second-order valence-electron chi connectivity index (χ2n) is 7.14. The number of carboxylic acid groups (broad SMARTS) is 1. The van der Waals surface area contributed by atoms with E-state index in [1.807, 2.05) is 0 Å². The van der Waals surface area contributed by atoms with Crippen molar-refractivity contribution < 1.29 is 28.5 Å². The van der Waals surface area contributed by atoms with Gasteiger partial charge in [-0.1, -0.05) is 45.4 Å². The third kappa shape index (κ3) is 13.5. The molecule has 0 amide bonds. The SMILES string of the molecule is CCCCCC(O)CCCC(CCCCCCC(=O)O)S(=O)(=O)CCO. The van der Waals surface area contributed by atoms with E-state index in [9.17, 15) is 18.3 Å². The Bertz CT molecular complexity index is 449. The lowest BCUT2D eigenvalue weighted by Crippen LogP contribution is -2.26. The Morgan fingerprint density at radius 2 is 1.46 bits per heavy atom. The number of aliphatic hydroxyl groups excluding tert-OH is 2. The fourth-order valence-electron chi connectivity index (χ4n) is 3.15. The van der Waals surface area contributed by atoms with Crippen molar-refractivity contribution in [3.63, 3.8) is 0 Å². The lowest BCUT2D eigenvalue weighted by Gasteiger charge is -2.18. The zero-order chi connectivity index (χ0) is 19.8. The van der Waals surface area contributed by atoms with Gasteiger partial charge in [0.05, 0.1) is 23.7 Å². The number of unbranched alkanes of at least 4 members (excludes halogenated alkanes) is 5. The molecule has 0 heterocycles. The molecule has 0 radical (unpaired) electrons. The molecular weight excluding hydrogens is 356 g/mol. The van der Waals surface area contributed by atoms with Gasteiger partial charge < -0.3 is 15.3 Å². The Morgan fingerprint density at radius 3 is 2.08 bits per heavy atom. The average molecular weight is 395 g/mol. The van der Waals surface area contributed by atoms with E-state index >= 15 is 0 Å². The number of rotatable bonds is 18. The molecule has 2 atom stereocenters. The number of aliphatic carboxylic acids is 1. The van der Waals surface area contributed by atoms with Crippen molar-refractivity contribution in [2.75, 3.05) is 12.4 Å². The smallest absolute Gasteiger partial charge is 0.303 e. The van der Waals surface area contributed by atoms with Crippen LogP contribution < -0.4 is 0 Å². The third-order valence-corrected chi connectivity index (χ3v) is 6.99. The van der Waals surface area contributed by atoms with Crippen molar-refractivity contribution in [2.45, 2.75) is 102 Å². The van der Waals surface area contributed by atoms with Crippen LogP contribution in [0.1, 0.15) is 90.4 Å². The first-order valence-corrected chi connectivity index (χ1v) is 11.8. The van der Waals surface area contributed by atoms with Crippen LogP contribution in [0.5, 0.6) is 0 Å². The van der Waals surface area contributed by atoms with E-state index in [2.05, 4.69) is 6.92 Å². The molecule has 3 N–H and O–H groups in total. The molecular formula is C19H38O6S. The predicted octanol–water partition coefficient (Wildman–Crippen LogP) is 3.30. The van der Waals surface area contributed by atoms with Gasteiger partial charge >= 0.3 is 5.97 Å². The molecule has 0 saturated heterocycles. The van der Waals surface area contributed by atoms with E-state index in [0.717, 1.165) is 44.9 Å². The molecule has 0 rings (SSSR count). The van der Waals surface area contributed by atoms with Gasteiger partial charge in [-0.05, 0) is 38.5 Å². The highest BCUT2D eigenvalue weighted by Gasteiger charge is 2.24. The minimum Gasteiger partial charge on any atom is -0.481 e. The van der Waals surface area contributed by atoms with Gasteiger partial charge in [-0.3, -0.25) is 4.79 Å². The summed E-state index contributed by atoms with van der Waals surface area (Å²) in [6.45, 7) is 1.75. The van der Waals surface area contributed by atoms with Gasteiger partial charge in [0.25, 0.3) is 0 Å². The Kier molecular flexibility index (Phi) is 15.0. The van der Waals surface area contributed by atoms with Gasteiger partial charge in [0.2, 0.25) is 0 Å². The number of carbonyl (C=O) groups is 1. The molecule has 0 aliphatic rings. The summed E-state index contributed by atoms with van der Waals surface area (Å²) in [6, 6.07) is 0. The molecule has 0 aromatic rings. The predicted molar refractivity (Wildman–Crippen MR) is 104 cm³/mol. The topological polar surface area (TPSA) is 112 Å². The van der Waals surface area contributed by atoms with Crippen molar-refractivity contribution in [1.82, 2.24) is 0 Å². The van der Waals surface area contributed by atoms with Gasteiger partial charge in [0, 0.05) is 6.42 Å². The van der Waals surface area contributed by atoms with Crippen LogP contribution in [0.2, 0.25) is 0 Å². The minimum atomic E-state index is -3.32. The second kappa shape index (κ2) is 15.4. The molecule has 0 aliphatic carbocycles. The first kappa shape index (κ1) is 25.3. The Labute approximate surface area is 158 Å². The van der Waals surface area contributed by atoms with Gasteiger partial charge in [-0.2, -0.15) is 0 Å². The summed E-state index contributed by atoms with van der Waals surface area (Å²) < 4.78 is 24.7. The maximum atomic E-state index is 12.3. The van der Waals surface area contributed by atoms with E-state index in [0.29, 0.717) is 32.1 Å². The molecule has 7 heteroatoms. The molecule has 0 aromatic carbocycles. The maximum absolute atomic E-state index is 12.3. The van der Waals surface area contributed by atoms with Crippen LogP contribution in [-0.4, -0.2) is 53.4 Å². The minimum absolute atomic E-state index is 0.155. The van der Waals surface area contributed by atoms with Crippen LogP contribution in [0.3, 0.4) is 0 Å². The van der Waals surface area contributed by atoms with Gasteiger partial charge in [-0.25, -0.2) is 8.42 Å². The third-order valence-electron chi connectivity index (χ3n) is 4.75. The van der Waals surface area contributed by atoms with Crippen molar-refractivity contribution in [2.24, 2.45) is 0 Å². The molecule has 0 bridgehead atoms. The fourth-order valence-corrected chi connectivity index (χ4v) is 4.79. The van der Waals surface area contributed by atoms with Crippen molar-refractivity contribution in [3.05, 3.63) is 0 Å². The molecule has 0 fully saturated rings. The molecule has 0 aliphatic heterocycles. The van der Waals surface area contributed by atoms with Gasteiger partial charge in [0.1, 0.15) is 0 Å². The highest BCUT2D eigenvalue weighted by atomic mass is 32.2. The van der Waals surface area contributed by atoms with Crippen LogP contribution in [0.4, 0.5) is 0 Å². The molecule has 26 heavy (non-hydrogen) atoms. The summed E-state index contributed by atoms with van der Waals surface area (Å²) in [5.41, 5.74) is 0. The number of sulfone groups is 1. The summed E-state index contributed by atoms with van der Waals surface area (Å²) in [5.74, 6) is -1.01. The number of aliphatic hydroxyl groups is 2. The Balaban J connectivity index is 4.25. The van der Waals surface area contributed by atoms with Crippen molar-refractivity contribution in [3.8, 4) is 0 Å². The van der Waals surface area contributed by atoms with E-state index in [1.165, 1.54) is 0 Å². The summed E-state index contributed by atoms with van der Waals surface area (Å²) in [7, 11) is -3.32. The summed E-state index contributed by atoms with van der Waals surface area (Å²) in [6.07, 6.45) is 9.09. The molecule has 0 spiro atoms. The van der Waals surface area contributed by atoms with Crippen LogP contribution >= 0.6 is 0 Å². The second-order valence-corrected chi connectivity index (χ2v) is 9.54. The highest BCUT2D eigenvalue weighted by Crippen LogP contribution is 2.20. The summed E-state index contributed by atoms with van der Waals surface area (Å²) in [5, 5.41) is 27.1. The number of hydrogen-bond acceptors (Lipinski definition) is 5. The lowest BCUT2D eigenvalue weighted by molar-refractivity contribution is -0.137. The molecule has 6 nitrogen and oxygen atoms in total. The molecule has 0 aromatic heterocycles. The van der Waals surface area contributed by atoms with Crippen LogP contribution in [0.25, 0.3) is 0 Å². The van der Waals surface area contributed by atoms with Crippen molar-refractivity contribution >= 4 is 15.8 Å². The molecule has 0 saturated carbocycles. The van der Waals surface area contributed by atoms with Crippen LogP contribution in [0.15, 0.2) is 0 Å². The maximum Gasteiger partial charge on any atom is 0.303 e. The van der Waals surface area contributed by atoms with Crippen LogP contribution in [0, 0.1) is 0 Å². The zero-order valence-corrected chi connectivity index (χ0v) is 17.1. The summed E-state index contributed by atoms with van der Waals surface area (Å²) >= 11 is 0. The Hall–Kier alpha value is -0.660. The first-order chi connectivity index (χ1) is 12.3. The van der Waals surface area contributed by atoms with Crippen molar-refractivity contribution in [1.29, 1.82) is 0 Å². The van der Waals surface area contributed by atoms with E-state index in [1.54, 1.807) is 0 Å². The average Bonchev–Trinajstić information content (AvgIpc) is 2.56. The quantitative estimate of drug-likeness (QED) is 0.308. The van der Waals surface area contributed by atoms with E-state index < -0.39 is 21.1 Å². The normalized spacial score (nSPS) is 14.3. The molecule has 2 unspecified atom stereocenters. The van der Waals surface area contributed by atoms with Gasteiger partial charge in [0.15, 0.2) is 9.84 Å². The molecule has 156 valence electrons. The fraction of sp³-hybridized carbons (Fsp3) is 0.947. The van der Waals surface area contributed by atoms with Crippen LogP contribution in [-0.2, 0) is 14.6 Å². The zero-order valence-electron chi connectivity index (χ0n) is 16.2. The lowest BCUT2D eigenvalue weighted by atomic mass is 10.0. The monoisotopic (exact) mass is 394 g/mol. The first-order valence-electron chi connectivity index (χ1n) is 10.1. The largest absolute Gasteiger partial charge is 0.481 e. The van der Waals surface area contributed by atoms with E-state index in [4.69, 9.17) is 10.2 Å². The van der Waals surface area contributed by atoms with Gasteiger partial charge in [-0.15, -0.1) is 0 Å². The Morgan fingerprint density at radius 1 is 0.885 bits per heavy atom. The number of hydrogen-bond donors (Lipinski definition) is 3. The van der Waals surface area contributed by atoms with E-state index in [-0.39, 0.29) is 24.9 Å². The summed E-state index contributed by atoms with van der Waals surface area (Å²) in [4.78, 5) is 10.5. The highest BCUT2D eigenvalue weighted by molar-refractivity contribution is 7.92. The number of carboxylic acids is 1.